The Morgan fingerprint density at radius 2 is 1.41 bits per heavy atom. The number of carbonyl (C=O) groups excluding carboxylic acids is 2. The minimum Gasteiger partial charge on any atom is -0.426 e. The molecule has 1 atom stereocenters. The van der Waals surface area contributed by atoms with E-state index >= 15 is 0 Å². The first-order valence-corrected chi connectivity index (χ1v) is 11.8. The minimum absolute atomic E-state index is 0.0201. The lowest BCUT2D eigenvalue weighted by atomic mass is 9.99. The molecule has 0 spiro atoms. The molecule has 0 aromatic heterocycles. The number of nitro benzene ring substituents is 2. The Morgan fingerprint density at radius 3 is 1.90 bits per heavy atom. The van der Waals surface area contributed by atoms with Crippen molar-refractivity contribution in [3.8, 4) is 16.9 Å². The van der Waals surface area contributed by atoms with Crippen LogP contribution in [0.1, 0.15) is 39.4 Å². The maximum absolute atomic E-state index is 12.2. The summed E-state index contributed by atoms with van der Waals surface area (Å²) in [6.45, 7) is 12.9. The van der Waals surface area contributed by atoms with E-state index in [-0.39, 0.29) is 28.6 Å². The molecule has 1 unspecified atom stereocenters. The Hall–Kier alpha value is -5.06. The molecule has 3 rings (SSSR count). The molecule has 39 heavy (non-hydrogen) atoms. The highest BCUT2D eigenvalue weighted by Crippen LogP contribution is 2.33. The van der Waals surface area contributed by atoms with E-state index in [9.17, 15) is 29.8 Å². The quantitative estimate of drug-likeness (QED) is 0.101. The number of hydrogen-bond acceptors (Lipinski definition) is 8. The molecule has 1 amide bonds. The molecular formula is C28H31N3O8. The largest absolute Gasteiger partial charge is 0.514 e. The van der Waals surface area contributed by atoms with Crippen molar-refractivity contribution < 1.29 is 28.9 Å². The maximum atomic E-state index is 12.2. The molecule has 3 aromatic rings. The van der Waals surface area contributed by atoms with Crippen LogP contribution in [0.25, 0.3) is 11.1 Å². The number of non-ortho nitro benzene ring substituents is 1. The maximum Gasteiger partial charge on any atom is 0.514 e. The fourth-order valence-corrected chi connectivity index (χ4v) is 3.25. The predicted molar refractivity (Wildman–Crippen MR) is 149 cm³/mol. The molecular weight excluding hydrogens is 506 g/mol. The zero-order valence-corrected chi connectivity index (χ0v) is 22.5. The molecule has 0 radical (unpaired) electrons. The van der Waals surface area contributed by atoms with Crippen molar-refractivity contribution >= 4 is 29.1 Å². The van der Waals surface area contributed by atoms with Crippen molar-refractivity contribution in [2.75, 3.05) is 11.9 Å². The zero-order chi connectivity index (χ0) is 29.7. The van der Waals surface area contributed by atoms with E-state index in [2.05, 4.69) is 13.2 Å². The highest BCUT2D eigenvalue weighted by molar-refractivity contribution is 5.91. The Labute approximate surface area is 226 Å². The molecule has 11 heteroatoms. The van der Waals surface area contributed by atoms with Crippen LogP contribution in [-0.2, 0) is 9.53 Å². The van der Waals surface area contributed by atoms with E-state index in [1.54, 1.807) is 43.4 Å². The number of hydrogen-bond donors (Lipinski definition) is 0. The van der Waals surface area contributed by atoms with Gasteiger partial charge in [0.25, 0.3) is 11.4 Å². The van der Waals surface area contributed by atoms with E-state index < -0.39 is 22.1 Å². The second-order valence-electron chi connectivity index (χ2n) is 7.52. The first-order valence-electron chi connectivity index (χ1n) is 11.8. The fraction of sp³-hybridized carbons (Fsp3) is 0.214. The van der Waals surface area contributed by atoms with E-state index in [1.807, 2.05) is 13.8 Å². The van der Waals surface area contributed by atoms with Crippen LogP contribution in [0, 0.1) is 20.2 Å². The Kier molecular flexibility index (Phi) is 12.5. The molecule has 0 aliphatic carbocycles. The average molecular weight is 538 g/mol. The molecule has 3 aromatic carbocycles. The lowest BCUT2D eigenvalue weighted by molar-refractivity contribution is -0.386. The molecule has 0 saturated carbocycles. The highest BCUT2D eigenvalue weighted by atomic mass is 16.7. The lowest BCUT2D eigenvalue weighted by Gasteiger charge is -2.16. The Bertz CT molecular complexity index is 1290. The minimum atomic E-state index is -1.12. The number of carbonyl (C=O) groups is 2. The van der Waals surface area contributed by atoms with Gasteiger partial charge in [0.2, 0.25) is 5.91 Å². The van der Waals surface area contributed by atoms with Gasteiger partial charge in [-0.15, -0.1) is 13.2 Å². The monoisotopic (exact) mass is 537 g/mol. The van der Waals surface area contributed by atoms with Crippen molar-refractivity contribution in [1.82, 2.24) is 0 Å². The van der Waals surface area contributed by atoms with Gasteiger partial charge < -0.3 is 14.4 Å². The first kappa shape index (κ1) is 32.0. The van der Waals surface area contributed by atoms with Crippen LogP contribution in [0.2, 0.25) is 0 Å². The highest BCUT2D eigenvalue weighted by Gasteiger charge is 2.24. The summed E-state index contributed by atoms with van der Waals surface area (Å²) in [5.74, 6) is -0.103. The van der Waals surface area contributed by atoms with Crippen LogP contribution in [0.15, 0.2) is 79.9 Å². The summed E-state index contributed by atoms with van der Waals surface area (Å²) in [6, 6.07) is 16.3. The summed E-state index contributed by atoms with van der Waals surface area (Å²) in [7, 11) is 1.65. The van der Waals surface area contributed by atoms with Gasteiger partial charge in [-0.05, 0) is 54.4 Å². The van der Waals surface area contributed by atoms with Gasteiger partial charge in [0, 0.05) is 37.9 Å². The van der Waals surface area contributed by atoms with Crippen LogP contribution >= 0.6 is 0 Å². The van der Waals surface area contributed by atoms with E-state index in [4.69, 9.17) is 9.47 Å². The third kappa shape index (κ3) is 8.78. The number of nitro groups is 2. The fourth-order valence-electron chi connectivity index (χ4n) is 3.25. The standard InChI is InChI=1S/C24H21N3O8.C2H6.C2H4/c1-15(34-24(29)35-21-11-9-20(10-12-21)26(30)31)22-14-18(6-13-23(22)27(32)33)17-4-7-19(8-5-17)25(3)16(2)28;2*1-2/h4-15H,1-3H3;1-2H3;1-2H2. The van der Waals surface area contributed by atoms with E-state index in [1.165, 1.54) is 49.1 Å². The number of benzene rings is 3. The second-order valence-corrected chi connectivity index (χ2v) is 7.52. The van der Waals surface area contributed by atoms with Gasteiger partial charge in [0.15, 0.2) is 0 Å². The molecule has 206 valence electrons. The topological polar surface area (TPSA) is 142 Å². The van der Waals surface area contributed by atoms with Gasteiger partial charge in [0.1, 0.15) is 11.9 Å². The molecule has 0 fully saturated rings. The molecule has 0 aliphatic heterocycles. The van der Waals surface area contributed by atoms with Gasteiger partial charge in [-0.2, -0.15) is 0 Å². The normalized spacial score (nSPS) is 10.4. The summed E-state index contributed by atoms with van der Waals surface area (Å²) in [6.07, 6.45) is -2.16. The number of anilines is 1. The van der Waals surface area contributed by atoms with Crippen LogP contribution in [0.5, 0.6) is 5.75 Å². The first-order chi connectivity index (χ1) is 18.6. The summed E-state index contributed by atoms with van der Waals surface area (Å²) >= 11 is 0. The SMILES string of the molecule is C=C.CC.CC(=O)N(C)c1ccc(-c2ccc([N+](=O)[O-])c(C(C)OC(=O)Oc3ccc([N+](=O)[O-])cc3)c2)cc1. The molecule has 0 N–H and O–H groups in total. The van der Waals surface area contributed by atoms with Crippen molar-refractivity contribution in [3.63, 3.8) is 0 Å². The van der Waals surface area contributed by atoms with Gasteiger partial charge >= 0.3 is 6.16 Å². The van der Waals surface area contributed by atoms with Gasteiger partial charge in [-0.25, -0.2) is 4.79 Å². The summed E-state index contributed by atoms with van der Waals surface area (Å²) in [5, 5.41) is 22.3. The van der Waals surface area contributed by atoms with Crippen molar-refractivity contribution in [2.24, 2.45) is 0 Å². The molecule has 0 saturated heterocycles. The van der Waals surface area contributed by atoms with Crippen molar-refractivity contribution in [3.05, 3.63) is 106 Å². The van der Waals surface area contributed by atoms with Crippen LogP contribution in [0.4, 0.5) is 21.9 Å². The predicted octanol–water partition coefficient (Wildman–Crippen LogP) is 7.26. The number of amides is 1. The smallest absolute Gasteiger partial charge is 0.426 e. The Morgan fingerprint density at radius 1 is 0.872 bits per heavy atom. The average Bonchev–Trinajstić information content (AvgIpc) is 2.94. The third-order valence-electron chi connectivity index (χ3n) is 5.24. The van der Waals surface area contributed by atoms with Crippen LogP contribution in [0.3, 0.4) is 0 Å². The van der Waals surface area contributed by atoms with Gasteiger partial charge in [-0.3, -0.25) is 25.0 Å². The Balaban J connectivity index is 0.00000181. The van der Waals surface area contributed by atoms with Crippen LogP contribution < -0.4 is 9.64 Å². The molecule has 0 bridgehead atoms. The number of nitrogens with zero attached hydrogens (tertiary/aromatic N) is 3. The van der Waals surface area contributed by atoms with Crippen LogP contribution in [-0.4, -0.2) is 29.0 Å². The molecule has 0 aliphatic rings. The molecule has 0 heterocycles. The van der Waals surface area contributed by atoms with E-state index in [0.29, 0.717) is 11.3 Å². The van der Waals surface area contributed by atoms with Gasteiger partial charge in [0.05, 0.1) is 15.4 Å². The van der Waals surface area contributed by atoms with Gasteiger partial charge in [-0.1, -0.05) is 26.0 Å². The lowest BCUT2D eigenvalue weighted by Crippen LogP contribution is -2.22. The third-order valence-corrected chi connectivity index (χ3v) is 5.24. The van der Waals surface area contributed by atoms with Crippen molar-refractivity contribution in [2.45, 2.75) is 33.8 Å². The molecule has 11 nitrogen and oxygen atoms in total. The second kappa shape index (κ2) is 15.3. The van der Waals surface area contributed by atoms with Crippen molar-refractivity contribution in [1.29, 1.82) is 0 Å². The number of ether oxygens (including phenoxy) is 2. The number of rotatable bonds is 7. The summed E-state index contributed by atoms with van der Waals surface area (Å²) < 4.78 is 10.3. The summed E-state index contributed by atoms with van der Waals surface area (Å²) in [5.41, 5.74) is 1.81. The summed E-state index contributed by atoms with van der Waals surface area (Å²) in [4.78, 5) is 46.4. The van der Waals surface area contributed by atoms with E-state index in [0.717, 1.165) is 5.56 Å². The zero-order valence-electron chi connectivity index (χ0n) is 22.5.